The molecule has 0 bridgehead atoms. The Morgan fingerprint density at radius 1 is 0.364 bits per heavy atom. The van der Waals surface area contributed by atoms with Crippen molar-refractivity contribution in [3.8, 4) is 33.4 Å². The van der Waals surface area contributed by atoms with E-state index in [-0.39, 0.29) is 29.9 Å². The Bertz CT molecular complexity index is 2310. The molecule has 0 atom stereocenters. The molecule has 0 aliphatic rings. The lowest BCUT2D eigenvalue weighted by Crippen LogP contribution is -2.09. The van der Waals surface area contributed by atoms with Crippen LogP contribution in [-0.2, 0) is 0 Å². The standard InChI is InChI=1S/C42H29NS/c1-3-9-30(10-4-1)32-15-22-36(23-16-32)43(37-24-17-33(18-25-37)31-11-5-2-6-12-31)38-26-19-34(20-27-38)35-21-28-40-39-13-7-8-14-41(39)44-42(40)29-35/h1-29H/i19D,20D,26D,27D. The van der Waals surface area contributed by atoms with Gasteiger partial charge in [0.05, 0.1) is 5.48 Å². The van der Waals surface area contributed by atoms with Crippen LogP contribution >= 0.6 is 11.3 Å². The molecule has 7 aromatic carbocycles. The number of hydrogen-bond donors (Lipinski definition) is 0. The molecule has 1 aromatic heterocycles. The van der Waals surface area contributed by atoms with E-state index in [1.54, 1.807) is 11.3 Å². The smallest absolute Gasteiger partial charge is 0.0645 e. The molecule has 2 heteroatoms. The monoisotopic (exact) mass is 583 g/mol. The second-order valence-electron chi connectivity index (χ2n) is 10.7. The highest BCUT2D eigenvalue weighted by Gasteiger charge is 2.14. The Labute approximate surface area is 267 Å². The highest BCUT2D eigenvalue weighted by molar-refractivity contribution is 7.25. The molecular weight excluding hydrogens is 551 g/mol. The molecule has 0 N–H and O–H groups in total. The maximum atomic E-state index is 9.33. The first-order chi connectivity index (χ1) is 23.5. The third-order valence-electron chi connectivity index (χ3n) is 7.97. The zero-order valence-electron chi connectivity index (χ0n) is 27.8. The zero-order valence-corrected chi connectivity index (χ0v) is 24.6. The Kier molecular flexibility index (Phi) is 5.70. The number of benzene rings is 7. The molecule has 44 heavy (non-hydrogen) atoms. The average molecular weight is 584 g/mol. The van der Waals surface area contributed by atoms with Crippen molar-refractivity contribution in [1.29, 1.82) is 0 Å². The molecule has 8 rings (SSSR count). The predicted molar refractivity (Wildman–Crippen MR) is 190 cm³/mol. The van der Waals surface area contributed by atoms with Gasteiger partial charge in [0, 0.05) is 37.2 Å². The lowest BCUT2D eigenvalue weighted by Gasteiger charge is -2.26. The molecule has 0 saturated heterocycles. The predicted octanol–water partition coefficient (Wildman–Crippen LogP) is 12.5. The van der Waals surface area contributed by atoms with Crippen LogP contribution in [0.2, 0.25) is 0 Å². The summed E-state index contributed by atoms with van der Waals surface area (Å²) in [6, 6.07) is 50.1. The quantitative estimate of drug-likeness (QED) is 0.188. The summed E-state index contributed by atoms with van der Waals surface area (Å²) in [5.74, 6) is 0. The minimum Gasteiger partial charge on any atom is -0.311 e. The molecule has 0 aliphatic heterocycles. The summed E-state index contributed by atoms with van der Waals surface area (Å²) in [4.78, 5) is 1.84. The highest BCUT2D eigenvalue weighted by Crippen LogP contribution is 2.39. The molecule has 8 aromatic rings. The largest absolute Gasteiger partial charge is 0.311 e. The molecule has 0 aliphatic carbocycles. The van der Waals surface area contributed by atoms with Gasteiger partial charge in [-0.25, -0.2) is 0 Å². The van der Waals surface area contributed by atoms with E-state index < -0.39 is 0 Å². The van der Waals surface area contributed by atoms with Gasteiger partial charge in [0.15, 0.2) is 0 Å². The van der Waals surface area contributed by atoms with Gasteiger partial charge in [-0.2, -0.15) is 0 Å². The van der Waals surface area contributed by atoms with Crippen molar-refractivity contribution in [3.05, 3.63) is 176 Å². The van der Waals surface area contributed by atoms with Crippen molar-refractivity contribution < 1.29 is 5.48 Å². The first-order valence-corrected chi connectivity index (χ1v) is 15.4. The zero-order chi connectivity index (χ0) is 32.8. The normalized spacial score (nSPS) is 12.5. The molecule has 0 spiro atoms. The van der Waals surface area contributed by atoms with Gasteiger partial charge in [-0.05, 0) is 81.9 Å². The third-order valence-corrected chi connectivity index (χ3v) is 9.10. The van der Waals surface area contributed by atoms with E-state index in [0.717, 1.165) is 43.7 Å². The van der Waals surface area contributed by atoms with Crippen LogP contribution in [0.15, 0.2) is 176 Å². The number of thiophene rings is 1. The van der Waals surface area contributed by atoms with Gasteiger partial charge in [0.25, 0.3) is 0 Å². The summed E-state index contributed by atoms with van der Waals surface area (Å²) in [7, 11) is 0. The van der Waals surface area contributed by atoms with E-state index in [1.807, 2.05) is 120 Å². The van der Waals surface area contributed by atoms with E-state index in [9.17, 15) is 5.48 Å². The molecule has 0 radical (unpaired) electrons. The molecule has 0 unspecified atom stereocenters. The summed E-state index contributed by atoms with van der Waals surface area (Å²) >= 11 is 1.67. The fourth-order valence-corrected chi connectivity index (χ4v) is 6.86. The van der Waals surface area contributed by atoms with Crippen LogP contribution in [0.25, 0.3) is 53.6 Å². The van der Waals surface area contributed by atoms with Crippen LogP contribution in [-0.4, -0.2) is 0 Å². The minimum absolute atomic E-state index is 0.0710. The molecule has 0 fully saturated rings. The molecular formula is C42H29NS. The summed E-state index contributed by atoms with van der Waals surface area (Å²) in [6.45, 7) is 0. The molecule has 208 valence electrons. The van der Waals surface area contributed by atoms with Crippen molar-refractivity contribution in [1.82, 2.24) is 0 Å². The molecule has 0 saturated carbocycles. The first-order valence-electron chi connectivity index (χ1n) is 16.6. The van der Waals surface area contributed by atoms with E-state index >= 15 is 0 Å². The number of nitrogens with zero attached hydrogens (tertiary/aromatic N) is 1. The maximum absolute atomic E-state index is 9.33. The SMILES string of the molecule is [2H]c1c([2H])c(N(c2ccc(-c3ccccc3)cc2)c2ccc(-c3ccccc3)cc2)c([2H])c([2H])c1-c1ccc2c(c1)sc1ccccc12. The van der Waals surface area contributed by atoms with Gasteiger partial charge < -0.3 is 4.90 Å². The molecule has 1 heterocycles. The van der Waals surface area contributed by atoms with E-state index in [4.69, 9.17) is 0 Å². The Morgan fingerprint density at radius 2 is 0.841 bits per heavy atom. The van der Waals surface area contributed by atoms with Crippen molar-refractivity contribution >= 4 is 48.6 Å². The van der Waals surface area contributed by atoms with E-state index in [2.05, 4.69) is 36.4 Å². The number of hydrogen-bond acceptors (Lipinski definition) is 2. The lowest BCUT2D eigenvalue weighted by atomic mass is 10.0. The molecule has 1 nitrogen and oxygen atoms in total. The van der Waals surface area contributed by atoms with Gasteiger partial charge in [-0.3, -0.25) is 0 Å². The van der Waals surface area contributed by atoms with Crippen molar-refractivity contribution in [3.63, 3.8) is 0 Å². The lowest BCUT2D eigenvalue weighted by molar-refractivity contribution is 1.28. The Balaban J connectivity index is 1.27. The summed E-state index contributed by atoms with van der Waals surface area (Å²) in [5.41, 5.74) is 6.92. The molecule has 0 amide bonds. The summed E-state index contributed by atoms with van der Waals surface area (Å²) < 4.78 is 39.3. The fraction of sp³-hybridized carbons (Fsp3) is 0. The van der Waals surface area contributed by atoms with Crippen LogP contribution in [0.3, 0.4) is 0 Å². The van der Waals surface area contributed by atoms with Crippen LogP contribution in [0.4, 0.5) is 17.1 Å². The number of anilines is 3. The van der Waals surface area contributed by atoms with Gasteiger partial charge in [0.2, 0.25) is 0 Å². The Hall–Kier alpha value is -5.44. The fourth-order valence-electron chi connectivity index (χ4n) is 5.72. The van der Waals surface area contributed by atoms with Crippen LogP contribution < -0.4 is 4.90 Å². The van der Waals surface area contributed by atoms with Gasteiger partial charge in [0.1, 0.15) is 0 Å². The summed E-state index contributed by atoms with van der Waals surface area (Å²) in [5, 5.41) is 2.29. The van der Waals surface area contributed by atoms with Gasteiger partial charge in [-0.1, -0.05) is 127 Å². The second-order valence-corrected chi connectivity index (χ2v) is 11.8. The third kappa shape index (κ3) is 4.96. The van der Waals surface area contributed by atoms with Crippen LogP contribution in [0, 0.1) is 0 Å². The van der Waals surface area contributed by atoms with Gasteiger partial charge in [-0.15, -0.1) is 11.3 Å². The van der Waals surface area contributed by atoms with Crippen molar-refractivity contribution in [2.24, 2.45) is 0 Å². The second kappa shape index (κ2) is 11.3. The average Bonchev–Trinajstić information content (AvgIpc) is 3.52. The maximum Gasteiger partial charge on any atom is 0.0645 e. The summed E-state index contributed by atoms with van der Waals surface area (Å²) in [6.07, 6.45) is 0. The number of fused-ring (bicyclic) bond motifs is 3. The topological polar surface area (TPSA) is 3.24 Å². The van der Waals surface area contributed by atoms with Crippen molar-refractivity contribution in [2.75, 3.05) is 4.90 Å². The van der Waals surface area contributed by atoms with E-state index in [1.165, 1.54) is 10.1 Å². The van der Waals surface area contributed by atoms with Crippen molar-refractivity contribution in [2.45, 2.75) is 0 Å². The van der Waals surface area contributed by atoms with Gasteiger partial charge >= 0.3 is 0 Å². The number of rotatable bonds is 6. The first kappa shape index (κ1) is 22.1. The van der Waals surface area contributed by atoms with Crippen LogP contribution in [0.1, 0.15) is 5.48 Å². The van der Waals surface area contributed by atoms with E-state index in [0.29, 0.717) is 11.1 Å². The minimum atomic E-state index is -0.0956. The van der Waals surface area contributed by atoms with Crippen LogP contribution in [0.5, 0.6) is 0 Å². The Morgan fingerprint density at radius 3 is 1.43 bits per heavy atom. The highest BCUT2D eigenvalue weighted by atomic mass is 32.1.